The molecule has 1 amide bonds. The molecule has 4 aromatic carbocycles. The Morgan fingerprint density at radius 1 is 0.781 bits per heavy atom. The van der Waals surface area contributed by atoms with Crippen molar-refractivity contribution >= 4 is 38.1 Å². The Bertz CT molecular complexity index is 1370. The van der Waals surface area contributed by atoms with Gasteiger partial charge in [-0.2, -0.15) is 0 Å². The highest BCUT2D eigenvalue weighted by Crippen LogP contribution is 2.24. The molecule has 0 saturated heterocycles. The fraction of sp³-hybridized carbons (Fsp3) is 0.115. The average molecular weight is 445 g/mol. The number of carbonyl (C=O) groups excluding carboxylic acids is 1. The molecule has 0 aliphatic heterocycles. The molecule has 4 rings (SSSR count). The standard InChI is InChI=1S/C26H24N2O3S/c1-18-7-5-8-19(2)26(18)28-32(30,31)23-15-13-22(14-16-23)27-25(29)17-21-11-6-10-20-9-3-4-12-24(20)21/h3-16,28H,17H2,1-2H3,(H,27,29). The van der Waals surface area contributed by atoms with Crippen molar-refractivity contribution < 1.29 is 13.2 Å². The van der Waals surface area contributed by atoms with E-state index in [1.807, 2.05) is 74.5 Å². The molecule has 0 heterocycles. The summed E-state index contributed by atoms with van der Waals surface area (Å²) in [4.78, 5) is 12.7. The minimum Gasteiger partial charge on any atom is -0.326 e. The van der Waals surface area contributed by atoms with Crippen LogP contribution in [0.2, 0.25) is 0 Å². The van der Waals surface area contributed by atoms with E-state index >= 15 is 0 Å². The number of hydrogen-bond acceptors (Lipinski definition) is 3. The minimum absolute atomic E-state index is 0.132. The van der Waals surface area contributed by atoms with Gasteiger partial charge in [0.25, 0.3) is 10.0 Å². The molecule has 0 bridgehead atoms. The zero-order valence-electron chi connectivity index (χ0n) is 17.9. The van der Waals surface area contributed by atoms with Gasteiger partial charge in [-0.1, -0.05) is 60.7 Å². The second-order valence-electron chi connectivity index (χ2n) is 7.76. The Morgan fingerprint density at radius 2 is 1.41 bits per heavy atom. The zero-order valence-corrected chi connectivity index (χ0v) is 18.7. The number of benzene rings is 4. The maximum absolute atomic E-state index is 12.8. The third kappa shape index (κ3) is 4.65. The van der Waals surface area contributed by atoms with E-state index in [2.05, 4.69) is 10.0 Å². The van der Waals surface area contributed by atoms with E-state index in [1.165, 1.54) is 12.1 Å². The Labute approximate surface area is 188 Å². The zero-order chi connectivity index (χ0) is 22.7. The van der Waals surface area contributed by atoms with Gasteiger partial charge in [0.2, 0.25) is 5.91 Å². The number of nitrogens with one attached hydrogen (secondary N) is 2. The number of sulfonamides is 1. The van der Waals surface area contributed by atoms with Crippen LogP contribution in [0.3, 0.4) is 0 Å². The number of aryl methyl sites for hydroxylation is 2. The number of carbonyl (C=O) groups is 1. The van der Waals surface area contributed by atoms with Gasteiger partial charge in [-0.05, 0) is 65.6 Å². The van der Waals surface area contributed by atoms with Crippen LogP contribution in [-0.2, 0) is 21.2 Å². The van der Waals surface area contributed by atoms with Crippen LogP contribution in [-0.4, -0.2) is 14.3 Å². The summed E-state index contributed by atoms with van der Waals surface area (Å²) in [5, 5.41) is 4.98. The van der Waals surface area contributed by atoms with Crippen molar-refractivity contribution in [2.24, 2.45) is 0 Å². The molecule has 32 heavy (non-hydrogen) atoms. The van der Waals surface area contributed by atoms with Gasteiger partial charge in [-0.3, -0.25) is 9.52 Å². The van der Waals surface area contributed by atoms with Crippen molar-refractivity contribution in [1.29, 1.82) is 0 Å². The van der Waals surface area contributed by atoms with Crippen LogP contribution in [0, 0.1) is 13.8 Å². The molecule has 2 N–H and O–H groups in total. The van der Waals surface area contributed by atoms with Crippen LogP contribution in [0.25, 0.3) is 10.8 Å². The fourth-order valence-electron chi connectivity index (χ4n) is 3.71. The third-order valence-electron chi connectivity index (χ3n) is 5.40. The average Bonchev–Trinajstić information content (AvgIpc) is 2.77. The topological polar surface area (TPSA) is 75.3 Å². The SMILES string of the molecule is Cc1cccc(C)c1NS(=O)(=O)c1ccc(NC(=O)Cc2cccc3ccccc23)cc1. The fourth-order valence-corrected chi connectivity index (χ4v) is 4.91. The van der Waals surface area contributed by atoms with Crippen molar-refractivity contribution in [3.8, 4) is 0 Å². The van der Waals surface area contributed by atoms with Crippen molar-refractivity contribution in [1.82, 2.24) is 0 Å². The van der Waals surface area contributed by atoms with Gasteiger partial charge < -0.3 is 5.32 Å². The molecule has 0 fully saturated rings. The summed E-state index contributed by atoms with van der Waals surface area (Å²) in [7, 11) is -3.74. The molecule has 0 atom stereocenters. The Kier molecular flexibility index (Phi) is 5.97. The predicted molar refractivity (Wildman–Crippen MR) is 129 cm³/mol. The summed E-state index contributed by atoms with van der Waals surface area (Å²) >= 11 is 0. The predicted octanol–water partition coefficient (Wildman–Crippen LogP) is 5.44. The van der Waals surface area contributed by atoms with Gasteiger partial charge in [0, 0.05) is 5.69 Å². The molecule has 0 spiro atoms. The Balaban J connectivity index is 1.47. The first-order valence-electron chi connectivity index (χ1n) is 10.3. The largest absolute Gasteiger partial charge is 0.326 e. The second-order valence-corrected chi connectivity index (χ2v) is 9.44. The van der Waals surface area contributed by atoms with Crippen molar-refractivity contribution in [3.05, 3.63) is 102 Å². The molecule has 0 saturated carbocycles. The van der Waals surface area contributed by atoms with Crippen molar-refractivity contribution in [2.45, 2.75) is 25.2 Å². The van der Waals surface area contributed by atoms with Gasteiger partial charge in [-0.25, -0.2) is 8.42 Å². The highest BCUT2D eigenvalue weighted by Gasteiger charge is 2.17. The molecule has 6 heteroatoms. The van der Waals surface area contributed by atoms with Crippen LogP contribution in [0.4, 0.5) is 11.4 Å². The molecule has 5 nitrogen and oxygen atoms in total. The quantitative estimate of drug-likeness (QED) is 0.416. The summed E-state index contributed by atoms with van der Waals surface area (Å²) < 4.78 is 28.3. The number of hydrogen-bond donors (Lipinski definition) is 2. The summed E-state index contributed by atoms with van der Waals surface area (Å²) in [5.74, 6) is -0.161. The van der Waals surface area contributed by atoms with Crippen molar-refractivity contribution in [3.63, 3.8) is 0 Å². The van der Waals surface area contributed by atoms with Crippen LogP contribution in [0.1, 0.15) is 16.7 Å². The molecule has 162 valence electrons. The molecule has 4 aromatic rings. The van der Waals surface area contributed by atoms with E-state index in [0.29, 0.717) is 11.4 Å². The number of rotatable bonds is 6. The molecule has 0 radical (unpaired) electrons. The van der Waals surface area contributed by atoms with Gasteiger partial charge >= 0.3 is 0 Å². The summed E-state index contributed by atoms with van der Waals surface area (Å²) in [5.41, 5.74) is 3.77. The first kappa shape index (κ1) is 21.6. The lowest BCUT2D eigenvalue weighted by Crippen LogP contribution is -2.16. The van der Waals surface area contributed by atoms with E-state index in [0.717, 1.165) is 27.5 Å². The van der Waals surface area contributed by atoms with Crippen LogP contribution < -0.4 is 10.0 Å². The van der Waals surface area contributed by atoms with E-state index in [1.54, 1.807) is 12.1 Å². The van der Waals surface area contributed by atoms with Crippen molar-refractivity contribution in [2.75, 3.05) is 10.0 Å². The molecular weight excluding hydrogens is 420 g/mol. The number of anilines is 2. The maximum Gasteiger partial charge on any atom is 0.261 e. The van der Waals surface area contributed by atoms with Gasteiger partial charge in [-0.15, -0.1) is 0 Å². The van der Waals surface area contributed by atoms with Crippen LogP contribution >= 0.6 is 0 Å². The molecule has 0 aliphatic carbocycles. The summed E-state index contributed by atoms with van der Waals surface area (Å²) in [6.07, 6.45) is 0.232. The number of para-hydroxylation sites is 1. The number of fused-ring (bicyclic) bond motifs is 1. The summed E-state index contributed by atoms with van der Waals surface area (Å²) in [6.45, 7) is 3.72. The van der Waals surface area contributed by atoms with E-state index in [-0.39, 0.29) is 17.2 Å². The smallest absolute Gasteiger partial charge is 0.261 e. The first-order valence-corrected chi connectivity index (χ1v) is 11.8. The summed E-state index contributed by atoms with van der Waals surface area (Å²) in [6, 6.07) is 25.6. The third-order valence-corrected chi connectivity index (χ3v) is 6.76. The van der Waals surface area contributed by atoms with Gasteiger partial charge in [0.1, 0.15) is 0 Å². The minimum atomic E-state index is -3.74. The first-order chi connectivity index (χ1) is 15.3. The number of amides is 1. The lowest BCUT2D eigenvalue weighted by molar-refractivity contribution is -0.115. The highest BCUT2D eigenvalue weighted by molar-refractivity contribution is 7.92. The molecule has 0 aromatic heterocycles. The van der Waals surface area contributed by atoms with Crippen LogP contribution in [0.15, 0.2) is 89.8 Å². The molecule has 0 aliphatic rings. The normalized spacial score (nSPS) is 11.3. The Hall–Kier alpha value is -3.64. The van der Waals surface area contributed by atoms with E-state index in [4.69, 9.17) is 0 Å². The lowest BCUT2D eigenvalue weighted by Gasteiger charge is -2.13. The molecular formula is C26H24N2O3S. The van der Waals surface area contributed by atoms with Gasteiger partial charge in [0.05, 0.1) is 17.0 Å². The maximum atomic E-state index is 12.8. The monoisotopic (exact) mass is 444 g/mol. The van der Waals surface area contributed by atoms with Gasteiger partial charge in [0.15, 0.2) is 0 Å². The Morgan fingerprint density at radius 3 is 2.12 bits per heavy atom. The van der Waals surface area contributed by atoms with E-state index < -0.39 is 10.0 Å². The highest BCUT2D eigenvalue weighted by atomic mass is 32.2. The van der Waals surface area contributed by atoms with Crippen LogP contribution in [0.5, 0.6) is 0 Å². The lowest BCUT2D eigenvalue weighted by atomic mass is 10.0. The second kappa shape index (κ2) is 8.85. The molecule has 0 unspecified atom stereocenters. The van der Waals surface area contributed by atoms with E-state index in [9.17, 15) is 13.2 Å².